The SMILES string of the molecule is B/C=C1\CC1(C)CO. The fraction of sp³-hybridized carbons (Fsp3) is 0.667. The summed E-state index contributed by atoms with van der Waals surface area (Å²) in [6.45, 7) is 2.40. The van der Waals surface area contributed by atoms with Crippen LogP contribution in [0.1, 0.15) is 13.3 Å². The maximum absolute atomic E-state index is 8.73. The van der Waals surface area contributed by atoms with Gasteiger partial charge in [0.05, 0.1) is 6.61 Å². The maximum Gasteiger partial charge on any atom is 0.129 e. The van der Waals surface area contributed by atoms with Gasteiger partial charge < -0.3 is 5.11 Å². The molecule has 0 saturated heterocycles. The third-order valence-corrected chi connectivity index (χ3v) is 1.93. The second-order valence-corrected chi connectivity index (χ2v) is 2.71. The van der Waals surface area contributed by atoms with Crippen LogP contribution in [0.15, 0.2) is 11.5 Å². The first-order chi connectivity index (χ1) is 3.73. The van der Waals surface area contributed by atoms with E-state index in [9.17, 15) is 0 Å². The molecule has 0 amide bonds. The average molecular weight is 110 g/mol. The van der Waals surface area contributed by atoms with E-state index in [1.54, 1.807) is 0 Å². The van der Waals surface area contributed by atoms with E-state index >= 15 is 0 Å². The minimum Gasteiger partial charge on any atom is -0.395 e. The second kappa shape index (κ2) is 1.62. The molecule has 1 atom stereocenters. The highest BCUT2D eigenvalue weighted by atomic mass is 16.3. The predicted octanol–water partition coefficient (Wildman–Crippen LogP) is -0.0943. The van der Waals surface area contributed by atoms with E-state index in [0.717, 1.165) is 6.42 Å². The molecule has 1 saturated carbocycles. The Balaban J connectivity index is 2.55. The highest BCUT2D eigenvalue weighted by molar-refractivity contribution is 6.17. The van der Waals surface area contributed by atoms with Gasteiger partial charge >= 0.3 is 0 Å². The number of rotatable bonds is 1. The fourth-order valence-corrected chi connectivity index (χ4v) is 0.984. The largest absolute Gasteiger partial charge is 0.395 e. The van der Waals surface area contributed by atoms with Crippen LogP contribution in [0.2, 0.25) is 0 Å². The van der Waals surface area contributed by atoms with E-state index < -0.39 is 0 Å². The topological polar surface area (TPSA) is 20.2 Å². The van der Waals surface area contributed by atoms with E-state index in [2.05, 4.69) is 12.9 Å². The van der Waals surface area contributed by atoms with E-state index in [4.69, 9.17) is 5.11 Å². The van der Waals surface area contributed by atoms with Gasteiger partial charge in [-0.15, -0.1) is 5.98 Å². The molecule has 0 bridgehead atoms. The summed E-state index contributed by atoms with van der Waals surface area (Å²) in [6, 6.07) is 0. The molecule has 0 aromatic rings. The molecule has 1 aliphatic carbocycles. The number of hydrogen-bond acceptors (Lipinski definition) is 1. The van der Waals surface area contributed by atoms with Crippen LogP contribution in [0.25, 0.3) is 0 Å². The van der Waals surface area contributed by atoms with Gasteiger partial charge in [-0.05, 0) is 6.42 Å². The molecule has 1 N–H and O–H groups in total. The van der Waals surface area contributed by atoms with Crippen molar-refractivity contribution >= 4 is 7.85 Å². The van der Waals surface area contributed by atoms with Crippen LogP contribution in [0.4, 0.5) is 0 Å². The number of aliphatic hydroxyl groups is 1. The number of aliphatic hydroxyl groups excluding tert-OH is 1. The molecule has 1 unspecified atom stereocenters. The Morgan fingerprint density at radius 1 is 2.00 bits per heavy atom. The van der Waals surface area contributed by atoms with Crippen molar-refractivity contribution in [3.63, 3.8) is 0 Å². The molecule has 2 heteroatoms. The van der Waals surface area contributed by atoms with Crippen LogP contribution in [0.3, 0.4) is 0 Å². The standard InChI is InChI=1S/C6H11BO/c1-6(4-8)2-5(6)3-7/h3,8H,2,4,7H2,1H3/b5-3+. The highest BCUT2D eigenvalue weighted by Crippen LogP contribution is 2.50. The lowest BCUT2D eigenvalue weighted by molar-refractivity contribution is 0.232. The molecule has 0 heterocycles. The normalized spacial score (nSPS) is 40.5. The van der Waals surface area contributed by atoms with Crippen LogP contribution in [0, 0.1) is 5.41 Å². The van der Waals surface area contributed by atoms with Crippen LogP contribution in [0.5, 0.6) is 0 Å². The lowest BCUT2D eigenvalue weighted by atomic mass is 10.1. The number of hydrogen-bond donors (Lipinski definition) is 1. The molecule has 1 rings (SSSR count). The molecule has 1 nitrogen and oxygen atoms in total. The van der Waals surface area contributed by atoms with Gasteiger partial charge in [0.15, 0.2) is 0 Å². The van der Waals surface area contributed by atoms with Gasteiger partial charge in [-0.3, -0.25) is 0 Å². The predicted molar refractivity (Wildman–Crippen MR) is 36.4 cm³/mol. The van der Waals surface area contributed by atoms with Gasteiger partial charge in [0.25, 0.3) is 0 Å². The fourth-order valence-electron chi connectivity index (χ4n) is 0.984. The molecule has 44 valence electrons. The molecule has 1 fully saturated rings. The Bertz CT molecular complexity index is 130. The molecule has 0 aliphatic heterocycles. The van der Waals surface area contributed by atoms with E-state index in [1.165, 1.54) is 5.57 Å². The summed E-state index contributed by atoms with van der Waals surface area (Å²) in [7, 11) is 2.02. The van der Waals surface area contributed by atoms with Crippen LogP contribution in [-0.2, 0) is 0 Å². The van der Waals surface area contributed by atoms with Crippen LogP contribution in [-0.4, -0.2) is 19.6 Å². The van der Waals surface area contributed by atoms with Crippen molar-refractivity contribution in [2.24, 2.45) is 5.41 Å². The highest BCUT2D eigenvalue weighted by Gasteiger charge is 2.42. The van der Waals surface area contributed by atoms with Crippen LogP contribution >= 0.6 is 0 Å². The average Bonchev–Trinajstić information content (AvgIpc) is 2.44. The Morgan fingerprint density at radius 2 is 2.62 bits per heavy atom. The molecule has 8 heavy (non-hydrogen) atoms. The Kier molecular flexibility index (Phi) is 1.20. The van der Waals surface area contributed by atoms with E-state index in [1.807, 2.05) is 7.85 Å². The summed E-state index contributed by atoms with van der Waals surface area (Å²) >= 11 is 0. The first-order valence-electron chi connectivity index (χ1n) is 2.99. The Hall–Kier alpha value is -0.235. The lowest BCUT2D eigenvalue weighted by Crippen LogP contribution is -1.99. The first kappa shape index (κ1) is 5.89. The minimum atomic E-state index is 0.175. The van der Waals surface area contributed by atoms with Gasteiger partial charge in [0.1, 0.15) is 7.85 Å². The third kappa shape index (κ3) is 0.691. The summed E-state index contributed by atoms with van der Waals surface area (Å²) in [5.41, 5.74) is 1.58. The van der Waals surface area contributed by atoms with Crippen molar-refractivity contribution in [2.75, 3.05) is 6.61 Å². The first-order valence-corrected chi connectivity index (χ1v) is 2.99. The molecular weight excluding hydrogens is 98.9 g/mol. The molecule has 1 aliphatic rings. The quantitative estimate of drug-likeness (QED) is 0.467. The van der Waals surface area contributed by atoms with Gasteiger partial charge in [-0.25, -0.2) is 0 Å². The van der Waals surface area contributed by atoms with E-state index in [-0.39, 0.29) is 5.41 Å². The van der Waals surface area contributed by atoms with Crippen molar-refractivity contribution in [3.05, 3.63) is 11.5 Å². The smallest absolute Gasteiger partial charge is 0.129 e. The van der Waals surface area contributed by atoms with Crippen molar-refractivity contribution in [1.82, 2.24) is 0 Å². The van der Waals surface area contributed by atoms with Gasteiger partial charge in [0, 0.05) is 5.41 Å². The molecule has 0 aromatic heterocycles. The summed E-state index contributed by atoms with van der Waals surface area (Å²) in [5.74, 6) is 2.09. The van der Waals surface area contributed by atoms with Gasteiger partial charge in [-0.1, -0.05) is 12.5 Å². The van der Waals surface area contributed by atoms with Crippen LogP contribution < -0.4 is 0 Å². The Labute approximate surface area is 50.8 Å². The van der Waals surface area contributed by atoms with Crippen molar-refractivity contribution < 1.29 is 5.11 Å². The summed E-state index contributed by atoms with van der Waals surface area (Å²) in [5, 5.41) is 8.73. The van der Waals surface area contributed by atoms with Gasteiger partial charge in [0.2, 0.25) is 0 Å². The molecular formula is C6H11BO. The van der Waals surface area contributed by atoms with Crippen molar-refractivity contribution in [2.45, 2.75) is 13.3 Å². The monoisotopic (exact) mass is 110 g/mol. The maximum atomic E-state index is 8.73. The zero-order valence-corrected chi connectivity index (χ0v) is 5.44. The molecule has 0 spiro atoms. The van der Waals surface area contributed by atoms with Gasteiger partial charge in [-0.2, -0.15) is 0 Å². The molecule has 0 radical (unpaired) electrons. The van der Waals surface area contributed by atoms with Crippen molar-refractivity contribution in [3.8, 4) is 0 Å². The second-order valence-electron chi connectivity index (χ2n) is 2.71. The summed E-state index contributed by atoms with van der Waals surface area (Å²) < 4.78 is 0. The van der Waals surface area contributed by atoms with Crippen molar-refractivity contribution in [1.29, 1.82) is 0 Å². The minimum absolute atomic E-state index is 0.175. The zero-order chi connectivity index (χ0) is 6.20. The lowest BCUT2D eigenvalue weighted by Gasteiger charge is -1.97. The Morgan fingerprint density at radius 3 is 2.75 bits per heavy atom. The summed E-state index contributed by atoms with van der Waals surface area (Å²) in [4.78, 5) is 0. The molecule has 0 aromatic carbocycles. The van der Waals surface area contributed by atoms with E-state index in [0.29, 0.717) is 6.61 Å². The zero-order valence-electron chi connectivity index (χ0n) is 5.44. The third-order valence-electron chi connectivity index (χ3n) is 1.93. The summed E-state index contributed by atoms with van der Waals surface area (Å²) in [6.07, 6.45) is 1.10.